The summed E-state index contributed by atoms with van der Waals surface area (Å²) >= 11 is 17.0. The highest BCUT2D eigenvalue weighted by Crippen LogP contribution is 2.37. The lowest BCUT2D eigenvalue weighted by Gasteiger charge is -2.02. The van der Waals surface area contributed by atoms with Gasteiger partial charge in [-0.3, -0.25) is 0 Å². The monoisotopic (exact) mass is 338 g/mol. The highest BCUT2D eigenvalue weighted by molar-refractivity contribution is 6.66. The summed E-state index contributed by atoms with van der Waals surface area (Å²) in [5.74, 6) is 0.231. The molecular formula is C15H9Cl3N2O. The first-order valence-electron chi connectivity index (χ1n) is 6.10. The number of nitrogens with zero attached hydrogens (tertiary/aromatic N) is 2. The van der Waals surface area contributed by atoms with Gasteiger partial charge in [0.2, 0.25) is 5.89 Å². The standard InChI is InChI=1S/C15H9Cl3N2O/c16-15(17,18)14-20-19-13(21-14)9-8-11-6-3-5-10-4-1-2-7-12(10)11/h1-9H/b9-8+. The molecule has 0 unspecified atom stereocenters. The number of aromatic nitrogens is 2. The highest BCUT2D eigenvalue weighted by Gasteiger charge is 2.29. The topological polar surface area (TPSA) is 38.9 Å². The molecule has 0 radical (unpaired) electrons. The molecule has 0 aliphatic heterocycles. The molecular weight excluding hydrogens is 331 g/mol. The summed E-state index contributed by atoms with van der Waals surface area (Å²) in [6.07, 6.45) is 3.58. The van der Waals surface area contributed by atoms with Crippen LogP contribution < -0.4 is 0 Å². The normalized spacial score (nSPS) is 12.3. The van der Waals surface area contributed by atoms with Gasteiger partial charge in [0.05, 0.1) is 0 Å². The van der Waals surface area contributed by atoms with E-state index in [-0.39, 0.29) is 11.8 Å². The van der Waals surface area contributed by atoms with Crippen LogP contribution >= 0.6 is 34.8 Å². The van der Waals surface area contributed by atoms with Gasteiger partial charge >= 0.3 is 0 Å². The maximum absolute atomic E-state index is 5.68. The van der Waals surface area contributed by atoms with Crippen molar-refractivity contribution in [2.45, 2.75) is 3.79 Å². The summed E-state index contributed by atoms with van der Waals surface area (Å²) in [5, 5.41) is 9.82. The Morgan fingerprint density at radius 3 is 2.43 bits per heavy atom. The van der Waals surface area contributed by atoms with Crippen LogP contribution in [0.2, 0.25) is 0 Å². The van der Waals surface area contributed by atoms with Gasteiger partial charge in [0.1, 0.15) is 0 Å². The SMILES string of the molecule is ClC(Cl)(Cl)c1nnc(/C=C/c2cccc3ccccc23)o1. The van der Waals surface area contributed by atoms with Crippen LogP contribution in [-0.2, 0) is 3.79 Å². The zero-order chi connectivity index (χ0) is 14.9. The van der Waals surface area contributed by atoms with Crippen LogP contribution in [0.5, 0.6) is 0 Å². The van der Waals surface area contributed by atoms with Gasteiger partial charge in [-0.1, -0.05) is 77.3 Å². The smallest absolute Gasteiger partial charge is 0.268 e. The number of fused-ring (bicyclic) bond motifs is 1. The predicted octanol–water partition coefficient (Wildman–Crippen LogP) is 5.22. The minimum Gasteiger partial charge on any atom is -0.417 e. The third-order valence-electron chi connectivity index (χ3n) is 2.91. The molecule has 3 aromatic rings. The Hall–Kier alpha value is -1.55. The van der Waals surface area contributed by atoms with E-state index in [1.54, 1.807) is 6.08 Å². The van der Waals surface area contributed by atoms with E-state index in [1.165, 1.54) is 0 Å². The van der Waals surface area contributed by atoms with Crippen molar-refractivity contribution < 1.29 is 4.42 Å². The minimum absolute atomic E-state index is 0.0509. The molecule has 3 nitrogen and oxygen atoms in total. The number of rotatable bonds is 2. The molecule has 1 heterocycles. The zero-order valence-corrected chi connectivity index (χ0v) is 12.9. The molecule has 0 N–H and O–H groups in total. The first-order valence-corrected chi connectivity index (χ1v) is 7.24. The van der Waals surface area contributed by atoms with Gasteiger partial charge in [0.15, 0.2) is 0 Å². The second kappa shape index (κ2) is 5.68. The summed E-state index contributed by atoms with van der Waals surface area (Å²) in [4.78, 5) is 0. The Kier molecular flexibility index (Phi) is 3.89. The average Bonchev–Trinajstić information content (AvgIpc) is 2.94. The van der Waals surface area contributed by atoms with Gasteiger partial charge in [-0.2, -0.15) is 0 Å². The number of hydrogen-bond acceptors (Lipinski definition) is 3. The average molecular weight is 340 g/mol. The third-order valence-corrected chi connectivity index (χ3v) is 3.40. The van der Waals surface area contributed by atoms with E-state index in [2.05, 4.69) is 28.4 Å². The van der Waals surface area contributed by atoms with Crippen molar-refractivity contribution in [1.82, 2.24) is 10.2 Å². The number of hydrogen-bond donors (Lipinski definition) is 0. The Morgan fingerprint density at radius 1 is 0.905 bits per heavy atom. The van der Waals surface area contributed by atoms with Crippen molar-refractivity contribution >= 4 is 57.7 Å². The number of alkyl halides is 3. The van der Waals surface area contributed by atoms with E-state index < -0.39 is 3.79 Å². The zero-order valence-electron chi connectivity index (χ0n) is 10.6. The molecule has 6 heteroatoms. The van der Waals surface area contributed by atoms with E-state index in [4.69, 9.17) is 39.2 Å². The first-order chi connectivity index (χ1) is 10.0. The predicted molar refractivity (Wildman–Crippen MR) is 86.4 cm³/mol. The van der Waals surface area contributed by atoms with Crippen molar-refractivity contribution in [1.29, 1.82) is 0 Å². The van der Waals surface area contributed by atoms with Crippen LogP contribution in [0, 0.1) is 0 Å². The number of halogens is 3. The molecule has 0 spiro atoms. The van der Waals surface area contributed by atoms with Gasteiger partial charge in [0, 0.05) is 6.08 Å². The summed E-state index contributed by atoms with van der Waals surface area (Å²) in [6, 6.07) is 14.2. The minimum atomic E-state index is -1.71. The lowest BCUT2D eigenvalue weighted by molar-refractivity contribution is 0.493. The fraction of sp³-hybridized carbons (Fsp3) is 0.0667. The fourth-order valence-electron chi connectivity index (χ4n) is 1.97. The Morgan fingerprint density at radius 2 is 1.67 bits per heavy atom. The van der Waals surface area contributed by atoms with Gasteiger partial charge in [0.25, 0.3) is 9.68 Å². The lowest BCUT2D eigenvalue weighted by Crippen LogP contribution is -1.99. The molecule has 2 aromatic carbocycles. The van der Waals surface area contributed by atoms with Crippen LogP contribution in [-0.4, -0.2) is 10.2 Å². The molecule has 0 fully saturated rings. The summed E-state index contributed by atoms with van der Waals surface area (Å²) in [7, 11) is 0. The molecule has 0 atom stereocenters. The molecule has 3 rings (SSSR count). The summed E-state index contributed by atoms with van der Waals surface area (Å²) in [6.45, 7) is 0. The molecule has 0 bridgehead atoms. The van der Waals surface area contributed by atoms with Crippen molar-refractivity contribution in [3.8, 4) is 0 Å². The van der Waals surface area contributed by atoms with E-state index >= 15 is 0 Å². The Labute approximate surface area is 136 Å². The van der Waals surface area contributed by atoms with Crippen LogP contribution in [0.15, 0.2) is 46.9 Å². The summed E-state index contributed by atoms with van der Waals surface area (Å²) in [5.41, 5.74) is 1.04. The molecule has 106 valence electrons. The van der Waals surface area contributed by atoms with Crippen LogP contribution in [0.3, 0.4) is 0 Å². The Balaban J connectivity index is 1.93. The van der Waals surface area contributed by atoms with Crippen molar-refractivity contribution in [3.63, 3.8) is 0 Å². The van der Waals surface area contributed by atoms with E-state index in [1.807, 2.05) is 30.3 Å². The number of benzene rings is 2. The van der Waals surface area contributed by atoms with Crippen molar-refractivity contribution in [3.05, 3.63) is 59.8 Å². The van der Waals surface area contributed by atoms with Gasteiger partial charge < -0.3 is 4.42 Å². The van der Waals surface area contributed by atoms with Gasteiger partial charge in [-0.05, 0) is 22.4 Å². The van der Waals surface area contributed by atoms with Crippen LogP contribution in [0.1, 0.15) is 17.3 Å². The lowest BCUT2D eigenvalue weighted by atomic mass is 10.0. The molecule has 0 saturated heterocycles. The second-order valence-electron chi connectivity index (χ2n) is 4.34. The molecule has 0 aliphatic rings. The largest absolute Gasteiger partial charge is 0.417 e. The fourth-order valence-corrected chi connectivity index (χ4v) is 2.20. The summed E-state index contributed by atoms with van der Waals surface area (Å²) < 4.78 is 3.57. The Bertz CT molecular complexity index is 801. The molecule has 0 aliphatic carbocycles. The second-order valence-corrected chi connectivity index (χ2v) is 6.63. The van der Waals surface area contributed by atoms with E-state index in [0.29, 0.717) is 0 Å². The van der Waals surface area contributed by atoms with E-state index in [0.717, 1.165) is 16.3 Å². The third kappa shape index (κ3) is 3.21. The van der Waals surface area contributed by atoms with Crippen molar-refractivity contribution in [2.75, 3.05) is 0 Å². The molecule has 0 saturated carbocycles. The maximum Gasteiger partial charge on any atom is 0.268 e. The first kappa shape index (κ1) is 14.4. The molecule has 0 amide bonds. The van der Waals surface area contributed by atoms with Gasteiger partial charge in [-0.15, -0.1) is 10.2 Å². The molecule has 21 heavy (non-hydrogen) atoms. The van der Waals surface area contributed by atoms with E-state index in [9.17, 15) is 0 Å². The molecule has 1 aromatic heterocycles. The van der Waals surface area contributed by atoms with Gasteiger partial charge in [-0.25, -0.2) is 0 Å². The van der Waals surface area contributed by atoms with Crippen LogP contribution in [0.25, 0.3) is 22.9 Å². The quantitative estimate of drug-likeness (QED) is 0.601. The van der Waals surface area contributed by atoms with Crippen molar-refractivity contribution in [2.24, 2.45) is 0 Å². The maximum atomic E-state index is 5.68. The highest BCUT2D eigenvalue weighted by atomic mass is 35.6. The van der Waals surface area contributed by atoms with Crippen LogP contribution in [0.4, 0.5) is 0 Å².